The van der Waals surface area contributed by atoms with Gasteiger partial charge in [-0.2, -0.15) is 13.2 Å². The molecule has 1 amide bonds. The van der Waals surface area contributed by atoms with E-state index in [-0.39, 0.29) is 16.6 Å². The zero-order chi connectivity index (χ0) is 21.4. The third-order valence-electron chi connectivity index (χ3n) is 4.47. The van der Waals surface area contributed by atoms with Gasteiger partial charge in [0, 0.05) is 11.6 Å². The molecule has 0 aliphatic carbocycles. The summed E-state index contributed by atoms with van der Waals surface area (Å²) in [4.78, 5) is 17.0. The normalized spacial score (nSPS) is 13.3. The quantitative estimate of drug-likeness (QED) is 0.621. The molecule has 0 saturated heterocycles. The van der Waals surface area contributed by atoms with E-state index >= 15 is 0 Å². The van der Waals surface area contributed by atoms with Gasteiger partial charge in [-0.25, -0.2) is 4.39 Å². The summed E-state index contributed by atoms with van der Waals surface area (Å²) in [6.07, 6.45) is -3.04. The van der Waals surface area contributed by atoms with Crippen LogP contribution in [0.3, 0.4) is 0 Å². The third-order valence-corrected chi connectivity index (χ3v) is 4.47. The Bertz CT molecular complexity index is 1040. The van der Waals surface area contributed by atoms with Gasteiger partial charge >= 0.3 is 6.18 Å². The number of amides is 1. The van der Waals surface area contributed by atoms with Gasteiger partial charge in [0.1, 0.15) is 5.82 Å². The van der Waals surface area contributed by atoms with E-state index in [1.54, 1.807) is 12.1 Å². The summed E-state index contributed by atoms with van der Waals surface area (Å²) < 4.78 is 52.4. The second-order valence-electron chi connectivity index (χ2n) is 7.21. The van der Waals surface area contributed by atoms with Gasteiger partial charge in [0.05, 0.1) is 28.3 Å². The molecule has 0 unspecified atom stereocenters. The number of rotatable bonds is 4. The smallest absolute Gasteiger partial charge is 0.388 e. The van der Waals surface area contributed by atoms with Crippen molar-refractivity contribution in [1.29, 1.82) is 0 Å². The lowest BCUT2D eigenvalue weighted by Crippen LogP contribution is -2.42. The van der Waals surface area contributed by atoms with Crippen LogP contribution in [0.2, 0.25) is 0 Å². The molecule has 0 radical (unpaired) electrons. The zero-order valence-electron chi connectivity index (χ0n) is 15.6. The van der Waals surface area contributed by atoms with Crippen molar-refractivity contribution in [3.8, 4) is 0 Å². The number of hydrogen-bond donors (Lipinski definition) is 2. The van der Waals surface area contributed by atoms with Gasteiger partial charge in [0.2, 0.25) is 0 Å². The van der Waals surface area contributed by atoms with Crippen molar-refractivity contribution in [2.45, 2.75) is 31.7 Å². The number of fused-ring (bicyclic) bond motifs is 1. The molecule has 3 aromatic rings. The summed E-state index contributed by atoms with van der Waals surface area (Å²) in [5.41, 5.74) is -1.85. The fourth-order valence-electron chi connectivity index (χ4n) is 3.07. The van der Waals surface area contributed by atoms with Crippen molar-refractivity contribution >= 4 is 16.8 Å². The molecule has 1 aromatic heterocycles. The monoisotopic (exact) mass is 406 g/mol. The van der Waals surface area contributed by atoms with E-state index in [4.69, 9.17) is 0 Å². The number of nitrogens with zero attached hydrogens (tertiary/aromatic N) is 1. The highest BCUT2D eigenvalue weighted by Crippen LogP contribution is 2.32. The molecule has 4 nitrogen and oxygen atoms in total. The summed E-state index contributed by atoms with van der Waals surface area (Å²) in [5.74, 6) is -1.34. The lowest BCUT2D eigenvalue weighted by Gasteiger charge is -2.31. The highest BCUT2D eigenvalue weighted by atomic mass is 19.4. The summed E-state index contributed by atoms with van der Waals surface area (Å²) in [6, 6.07) is 8.55. The molecule has 0 bridgehead atoms. The molecule has 29 heavy (non-hydrogen) atoms. The molecule has 1 atom stereocenters. The molecular weight excluding hydrogens is 388 g/mol. The van der Waals surface area contributed by atoms with Gasteiger partial charge in [-0.3, -0.25) is 9.78 Å². The molecule has 0 aliphatic rings. The minimum Gasteiger partial charge on any atom is -0.388 e. The van der Waals surface area contributed by atoms with Crippen molar-refractivity contribution in [2.24, 2.45) is 0 Å². The molecule has 0 fully saturated rings. The van der Waals surface area contributed by atoms with Gasteiger partial charge in [-0.05, 0) is 49.7 Å². The Kier molecular flexibility index (Phi) is 5.32. The maximum absolute atomic E-state index is 13.9. The van der Waals surface area contributed by atoms with E-state index in [9.17, 15) is 27.5 Å². The Morgan fingerprint density at radius 3 is 2.34 bits per heavy atom. The second kappa shape index (κ2) is 7.44. The van der Waals surface area contributed by atoms with Crippen LogP contribution < -0.4 is 5.32 Å². The fourth-order valence-corrected chi connectivity index (χ4v) is 3.07. The lowest BCUT2D eigenvalue weighted by molar-refractivity contribution is -0.137. The number of benzene rings is 2. The molecule has 0 spiro atoms. The molecule has 3 rings (SSSR count). The number of halogens is 4. The Morgan fingerprint density at radius 1 is 1.10 bits per heavy atom. The summed E-state index contributed by atoms with van der Waals surface area (Å²) in [7, 11) is 0. The average molecular weight is 406 g/mol. The van der Waals surface area contributed by atoms with Crippen molar-refractivity contribution in [1.82, 2.24) is 10.3 Å². The van der Waals surface area contributed by atoms with E-state index in [2.05, 4.69) is 10.3 Å². The predicted molar refractivity (Wildman–Crippen MR) is 99.7 cm³/mol. The maximum Gasteiger partial charge on any atom is 0.416 e. The summed E-state index contributed by atoms with van der Waals surface area (Å²) >= 11 is 0. The number of pyridine rings is 1. The van der Waals surface area contributed by atoms with Crippen LogP contribution in [0.25, 0.3) is 10.9 Å². The first-order valence-corrected chi connectivity index (χ1v) is 8.71. The number of alkyl halides is 3. The van der Waals surface area contributed by atoms with E-state index in [0.717, 1.165) is 18.2 Å². The number of hydrogen-bond acceptors (Lipinski definition) is 3. The van der Waals surface area contributed by atoms with Crippen LogP contribution >= 0.6 is 0 Å². The van der Waals surface area contributed by atoms with Crippen molar-refractivity contribution in [2.75, 3.05) is 0 Å². The standard InChI is InChI=1S/C21H18F4N2O2/c1-20(2,29)18(12-5-7-14(8-6-12)21(23,24)25)27-19(28)16-11-15(22)10-13-4-3-9-26-17(13)16/h3-11,18,29H,1-2H3,(H,27,28)/t18-/m0/s1. The SMILES string of the molecule is CC(C)(O)[C@@H](NC(=O)c1cc(F)cc2cccnc12)c1ccc(C(F)(F)F)cc1. The first-order valence-electron chi connectivity index (χ1n) is 8.71. The van der Waals surface area contributed by atoms with E-state index < -0.39 is 35.1 Å². The largest absolute Gasteiger partial charge is 0.416 e. The van der Waals surface area contributed by atoms with Crippen molar-refractivity contribution < 1.29 is 27.5 Å². The van der Waals surface area contributed by atoms with E-state index in [0.29, 0.717) is 5.39 Å². The molecule has 152 valence electrons. The molecule has 2 aromatic carbocycles. The van der Waals surface area contributed by atoms with Gasteiger partial charge in [0.25, 0.3) is 5.91 Å². The lowest BCUT2D eigenvalue weighted by atomic mass is 9.91. The van der Waals surface area contributed by atoms with Crippen molar-refractivity contribution in [3.63, 3.8) is 0 Å². The van der Waals surface area contributed by atoms with Crippen LogP contribution in [0.4, 0.5) is 17.6 Å². The highest BCUT2D eigenvalue weighted by Gasteiger charge is 2.33. The topological polar surface area (TPSA) is 62.2 Å². The van der Waals surface area contributed by atoms with Crippen LogP contribution in [-0.4, -0.2) is 21.6 Å². The highest BCUT2D eigenvalue weighted by molar-refractivity contribution is 6.05. The Balaban J connectivity index is 1.97. The van der Waals surface area contributed by atoms with E-state index in [1.807, 2.05) is 0 Å². The number of aliphatic hydroxyl groups is 1. The molecule has 0 saturated carbocycles. The third kappa shape index (κ3) is 4.54. The minimum absolute atomic E-state index is 0.0400. The van der Waals surface area contributed by atoms with E-state index in [1.165, 1.54) is 38.2 Å². The first kappa shape index (κ1) is 20.7. The number of carbonyl (C=O) groups is 1. The Hall–Kier alpha value is -3.00. The van der Waals surface area contributed by atoms with Crippen molar-refractivity contribution in [3.05, 3.63) is 77.2 Å². The maximum atomic E-state index is 13.9. The minimum atomic E-state index is -4.50. The van der Waals surface area contributed by atoms with Crippen LogP contribution in [-0.2, 0) is 6.18 Å². The van der Waals surface area contributed by atoms with Gasteiger partial charge in [0.15, 0.2) is 0 Å². The van der Waals surface area contributed by atoms with Crippen LogP contribution in [0.5, 0.6) is 0 Å². The van der Waals surface area contributed by atoms with Crippen LogP contribution in [0.15, 0.2) is 54.7 Å². The molecular formula is C21H18F4N2O2. The Morgan fingerprint density at radius 2 is 1.76 bits per heavy atom. The summed E-state index contributed by atoms with van der Waals surface area (Å²) in [6.45, 7) is 2.83. The molecule has 1 heterocycles. The zero-order valence-corrected chi connectivity index (χ0v) is 15.6. The van der Waals surface area contributed by atoms with Gasteiger partial charge in [-0.1, -0.05) is 18.2 Å². The van der Waals surface area contributed by atoms with Crippen LogP contribution in [0.1, 0.15) is 41.4 Å². The second-order valence-corrected chi connectivity index (χ2v) is 7.21. The predicted octanol–water partition coefficient (Wildman–Crippen LogP) is 4.63. The molecule has 8 heteroatoms. The van der Waals surface area contributed by atoms with Gasteiger partial charge < -0.3 is 10.4 Å². The molecule has 2 N–H and O–H groups in total. The number of aromatic nitrogens is 1. The van der Waals surface area contributed by atoms with Crippen LogP contribution in [0, 0.1) is 5.82 Å². The molecule has 0 aliphatic heterocycles. The summed E-state index contributed by atoms with van der Waals surface area (Å²) in [5, 5.41) is 13.5. The van der Waals surface area contributed by atoms with Gasteiger partial charge in [-0.15, -0.1) is 0 Å². The Labute approximate surface area is 164 Å². The fraction of sp³-hybridized carbons (Fsp3) is 0.238. The average Bonchev–Trinajstić information content (AvgIpc) is 2.63. The first-order chi connectivity index (χ1) is 13.5. The number of carbonyl (C=O) groups excluding carboxylic acids is 1. The number of nitrogens with one attached hydrogen (secondary N) is 1.